The lowest BCUT2D eigenvalue weighted by Crippen LogP contribution is -2.36. The van der Waals surface area contributed by atoms with Gasteiger partial charge >= 0.3 is 0 Å². The normalized spacial score (nSPS) is 13.2. The Balaban J connectivity index is 1.45. The maximum atomic E-state index is 13.3. The first-order valence-electron chi connectivity index (χ1n) is 10.9. The van der Waals surface area contributed by atoms with E-state index < -0.39 is 0 Å². The molecule has 1 aliphatic heterocycles. The van der Waals surface area contributed by atoms with Gasteiger partial charge in [-0.1, -0.05) is 65.8 Å². The Morgan fingerprint density at radius 1 is 1.00 bits per heavy atom. The second kappa shape index (κ2) is 9.41. The Morgan fingerprint density at radius 2 is 1.76 bits per heavy atom. The number of hydrogen-bond donors (Lipinski definition) is 0. The van der Waals surface area contributed by atoms with Crippen LogP contribution in [0.25, 0.3) is 10.9 Å². The van der Waals surface area contributed by atoms with Crippen molar-refractivity contribution in [3.63, 3.8) is 0 Å². The van der Waals surface area contributed by atoms with E-state index in [-0.39, 0.29) is 17.2 Å². The van der Waals surface area contributed by atoms with Gasteiger partial charge in [-0.2, -0.15) is 0 Å². The minimum absolute atomic E-state index is 0.0209. The van der Waals surface area contributed by atoms with E-state index in [1.807, 2.05) is 53.4 Å². The molecule has 0 N–H and O–H groups in total. The van der Waals surface area contributed by atoms with Crippen LogP contribution in [0.1, 0.15) is 17.5 Å². The van der Waals surface area contributed by atoms with E-state index >= 15 is 0 Å². The highest BCUT2D eigenvalue weighted by molar-refractivity contribution is 7.99. The third-order valence-corrected chi connectivity index (χ3v) is 7.03. The van der Waals surface area contributed by atoms with E-state index in [0.717, 1.165) is 24.1 Å². The number of rotatable bonds is 5. The van der Waals surface area contributed by atoms with E-state index in [9.17, 15) is 9.59 Å². The number of amides is 1. The predicted octanol–water partition coefficient (Wildman–Crippen LogP) is 5.17. The van der Waals surface area contributed by atoms with Gasteiger partial charge in [0.25, 0.3) is 5.56 Å². The molecule has 0 aliphatic carbocycles. The number of halogens is 1. The summed E-state index contributed by atoms with van der Waals surface area (Å²) in [5, 5.41) is 1.74. The monoisotopic (exact) mass is 475 g/mol. The molecule has 1 amide bonds. The van der Waals surface area contributed by atoms with Crippen LogP contribution in [0.5, 0.6) is 0 Å². The molecule has 5 nitrogen and oxygen atoms in total. The molecule has 0 fully saturated rings. The molecular weight excluding hydrogens is 454 g/mol. The van der Waals surface area contributed by atoms with Gasteiger partial charge in [0.1, 0.15) is 0 Å². The molecule has 1 aliphatic rings. The number of hydrogen-bond acceptors (Lipinski definition) is 4. The average Bonchev–Trinajstić information content (AvgIpc) is 2.85. The summed E-state index contributed by atoms with van der Waals surface area (Å²) < 4.78 is 1.65. The number of fused-ring (bicyclic) bond motifs is 2. The topological polar surface area (TPSA) is 55.2 Å². The summed E-state index contributed by atoms with van der Waals surface area (Å²) in [5.74, 6) is 0.229. The van der Waals surface area contributed by atoms with Crippen molar-refractivity contribution >= 4 is 45.9 Å². The molecule has 0 radical (unpaired) electrons. The van der Waals surface area contributed by atoms with Crippen LogP contribution < -0.4 is 10.5 Å². The maximum Gasteiger partial charge on any atom is 0.262 e. The Labute approximate surface area is 201 Å². The predicted molar refractivity (Wildman–Crippen MR) is 134 cm³/mol. The van der Waals surface area contributed by atoms with Gasteiger partial charge < -0.3 is 4.90 Å². The summed E-state index contributed by atoms with van der Waals surface area (Å²) in [6.07, 6.45) is 1.93. The fourth-order valence-corrected chi connectivity index (χ4v) is 5.17. The van der Waals surface area contributed by atoms with Crippen LogP contribution in [0.2, 0.25) is 5.02 Å². The van der Waals surface area contributed by atoms with Crippen molar-refractivity contribution in [3.05, 3.63) is 99.3 Å². The zero-order chi connectivity index (χ0) is 22.8. The Bertz CT molecular complexity index is 1380. The average molecular weight is 476 g/mol. The largest absolute Gasteiger partial charge is 0.311 e. The van der Waals surface area contributed by atoms with E-state index in [1.165, 1.54) is 17.3 Å². The highest BCUT2D eigenvalue weighted by Crippen LogP contribution is 2.28. The fraction of sp³-hybridized carbons (Fsp3) is 0.192. The van der Waals surface area contributed by atoms with Crippen LogP contribution in [-0.2, 0) is 17.8 Å². The van der Waals surface area contributed by atoms with Crippen molar-refractivity contribution in [3.8, 4) is 0 Å². The fourth-order valence-electron chi connectivity index (χ4n) is 4.17. The van der Waals surface area contributed by atoms with Gasteiger partial charge in [-0.15, -0.1) is 0 Å². The summed E-state index contributed by atoms with van der Waals surface area (Å²) in [4.78, 5) is 33.1. The van der Waals surface area contributed by atoms with Crippen molar-refractivity contribution in [1.82, 2.24) is 9.55 Å². The molecule has 0 bridgehead atoms. The van der Waals surface area contributed by atoms with Crippen molar-refractivity contribution in [1.29, 1.82) is 0 Å². The summed E-state index contributed by atoms with van der Waals surface area (Å²) in [5.41, 5.74) is 3.64. The van der Waals surface area contributed by atoms with E-state index in [0.29, 0.717) is 34.2 Å². The summed E-state index contributed by atoms with van der Waals surface area (Å²) in [7, 11) is 0. The molecule has 3 aromatic carbocycles. The number of nitrogens with zero attached hydrogens (tertiary/aromatic N) is 3. The number of aromatic nitrogens is 2. The molecule has 0 spiro atoms. The van der Waals surface area contributed by atoms with Gasteiger partial charge in [-0.05, 0) is 54.3 Å². The standard InChI is InChI=1S/C26H22ClN3O2S/c27-20-13-11-18(12-14-20)16-30-25(32)21-8-2-3-9-22(21)28-26(30)33-17-24(31)29-15-5-7-19-6-1-4-10-23(19)29/h1-4,6,8-14H,5,7,15-17H2. The Kier molecular flexibility index (Phi) is 6.20. The minimum atomic E-state index is -0.117. The van der Waals surface area contributed by atoms with E-state index in [2.05, 4.69) is 6.07 Å². The molecule has 7 heteroatoms. The Morgan fingerprint density at radius 3 is 2.61 bits per heavy atom. The van der Waals surface area contributed by atoms with Crippen molar-refractivity contribution in [2.75, 3.05) is 17.2 Å². The number of thioether (sulfide) groups is 1. The van der Waals surface area contributed by atoms with Crippen LogP contribution in [-0.4, -0.2) is 27.8 Å². The molecule has 33 heavy (non-hydrogen) atoms. The number of para-hydroxylation sites is 2. The molecule has 5 rings (SSSR count). The lowest BCUT2D eigenvalue weighted by atomic mass is 10.0. The van der Waals surface area contributed by atoms with Gasteiger partial charge in [0.2, 0.25) is 5.91 Å². The SMILES string of the molecule is O=C(CSc1nc2ccccc2c(=O)n1Cc1ccc(Cl)cc1)N1CCCc2ccccc21. The third-order valence-electron chi connectivity index (χ3n) is 5.82. The minimum Gasteiger partial charge on any atom is -0.311 e. The molecule has 0 atom stereocenters. The van der Waals surface area contributed by atoms with Gasteiger partial charge in [-0.25, -0.2) is 4.98 Å². The summed E-state index contributed by atoms with van der Waals surface area (Å²) >= 11 is 7.33. The second-order valence-corrected chi connectivity index (χ2v) is 9.37. The lowest BCUT2D eigenvalue weighted by Gasteiger charge is -2.29. The zero-order valence-corrected chi connectivity index (χ0v) is 19.5. The zero-order valence-electron chi connectivity index (χ0n) is 17.9. The van der Waals surface area contributed by atoms with Gasteiger partial charge in [0, 0.05) is 17.3 Å². The van der Waals surface area contributed by atoms with Gasteiger partial charge in [0.15, 0.2) is 5.16 Å². The van der Waals surface area contributed by atoms with Gasteiger partial charge in [-0.3, -0.25) is 14.2 Å². The summed E-state index contributed by atoms with van der Waals surface area (Å²) in [6, 6.07) is 22.8. The number of carbonyl (C=O) groups is 1. The molecule has 1 aromatic heterocycles. The summed E-state index contributed by atoms with van der Waals surface area (Å²) in [6.45, 7) is 1.07. The first kappa shape index (κ1) is 21.7. The lowest BCUT2D eigenvalue weighted by molar-refractivity contribution is -0.116. The Hall–Kier alpha value is -3.09. The van der Waals surface area contributed by atoms with Crippen molar-refractivity contribution in [2.24, 2.45) is 0 Å². The highest BCUT2D eigenvalue weighted by atomic mass is 35.5. The van der Waals surface area contributed by atoms with E-state index in [1.54, 1.807) is 22.8 Å². The van der Waals surface area contributed by atoms with Crippen LogP contribution >= 0.6 is 23.4 Å². The van der Waals surface area contributed by atoms with Crippen LogP contribution in [0.15, 0.2) is 82.7 Å². The van der Waals surface area contributed by atoms with Crippen LogP contribution in [0.4, 0.5) is 5.69 Å². The van der Waals surface area contributed by atoms with Crippen molar-refractivity contribution in [2.45, 2.75) is 24.5 Å². The smallest absolute Gasteiger partial charge is 0.262 e. The number of anilines is 1. The highest BCUT2D eigenvalue weighted by Gasteiger charge is 2.23. The third kappa shape index (κ3) is 4.54. The van der Waals surface area contributed by atoms with E-state index in [4.69, 9.17) is 16.6 Å². The number of benzene rings is 3. The van der Waals surface area contributed by atoms with Crippen LogP contribution in [0, 0.1) is 0 Å². The molecule has 0 saturated heterocycles. The van der Waals surface area contributed by atoms with Crippen LogP contribution in [0.3, 0.4) is 0 Å². The first-order chi connectivity index (χ1) is 16.1. The first-order valence-corrected chi connectivity index (χ1v) is 12.2. The number of carbonyl (C=O) groups excluding carboxylic acids is 1. The number of aryl methyl sites for hydroxylation is 1. The quantitative estimate of drug-likeness (QED) is 0.295. The molecule has 2 heterocycles. The molecule has 0 unspecified atom stereocenters. The maximum absolute atomic E-state index is 13.3. The molecule has 0 saturated carbocycles. The second-order valence-electron chi connectivity index (χ2n) is 8.00. The molecule has 4 aromatic rings. The van der Waals surface area contributed by atoms with Gasteiger partial charge in [0.05, 0.1) is 23.2 Å². The van der Waals surface area contributed by atoms with Crippen molar-refractivity contribution < 1.29 is 4.79 Å². The molecule has 166 valence electrons. The molecular formula is C26H22ClN3O2S.